The Morgan fingerprint density at radius 2 is 2.37 bits per heavy atom. The molecule has 1 aliphatic rings. The molecule has 1 aliphatic heterocycles. The second-order valence-corrected chi connectivity index (χ2v) is 7.42. The van der Waals surface area contributed by atoms with Gasteiger partial charge in [0.2, 0.25) is 0 Å². The standard InChI is InChI=1S/C10H13FN2O4S2/c1-2-8-12-4-9(18-8)19(16,17)13-5-6(11)3-7(13)10(14)15/h4,6-7H,2-3,5H2,1H3,(H,14,15)/t6-,7-/m0/s1. The Hall–Kier alpha value is -1.06. The smallest absolute Gasteiger partial charge is 0.322 e. The van der Waals surface area contributed by atoms with Crippen LogP contribution in [0.3, 0.4) is 0 Å². The number of thiazole rings is 1. The molecule has 106 valence electrons. The molecule has 1 fully saturated rings. The number of hydrogen-bond donors (Lipinski definition) is 1. The van der Waals surface area contributed by atoms with E-state index >= 15 is 0 Å². The van der Waals surface area contributed by atoms with Crippen molar-refractivity contribution in [1.29, 1.82) is 0 Å². The molecule has 19 heavy (non-hydrogen) atoms. The Bertz CT molecular complexity index is 586. The van der Waals surface area contributed by atoms with Crippen LogP contribution in [-0.4, -0.2) is 47.5 Å². The van der Waals surface area contributed by atoms with Crippen LogP contribution >= 0.6 is 11.3 Å². The number of nitrogens with zero attached hydrogens (tertiary/aromatic N) is 2. The number of aliphatic carboxylic acids is 1. The van der Waals surface area contributed by atoms with Gasteiger partial charge in [-0.1, -0.05) is 6.92 Å². The molecule has 1 saturated heterocycles. The van der Waals surface area contributed by atoms with Gasteiger partial charge in [-0.05, 0) is 6.42 Å². The van der Waals surface area contributed by atoms with E-state index in [2.05, 4.69) is 4.98 Å². The number of aromatic nitrogens is 1. The minimum Gasteiger partial charge on any atom is -0.480 e. The third-order valence-electron chi connectivity index (χ3n) is 2.89. The first-order valence-corrected chi connectivity index (χ1v) is 7.95. The van der Waals surface area contributed by atoms with E-state index in [0.717, 1.165) is 11.3 Å². The first kappa shape index (κ1) is 14.4. The summed E-state index contributed by atoms with van der Waals surface area (Å²) in [5.41, 5.74) is 0. The summed E-state index contributed by atoms with van der Waals surface area (Å²) in [7, 11) is -3.99. The Balaban J connectivity index is 2.35. The van der Waals surface area contributed by atoms with Gasteiger partial charge in [-0.2, -0.15) is 4.31 Å². The molecule has 0 spiro atoms. The lowest BCUT2D eigenvalue weighted by atomic mass is 10.2. The van der Waals surface area contributed by atoms with Gasteiger partial charge in [-0.15, -0.1) is 11.3 Å². The van der Waals surface area contributed by atoms with Crippen molar-refractivity contribution in [3.63, 3.8) is 0 Å². The normalized spacial score (nSPS) is 24.7. The van der Waals surface area contributed by atoms with E-state index in [4.69, 9.17) is 5.11 Å². The zero-order chi connectivity index (χ0) is 14.2. The van der Waals surface area contributed by atoms with Crippen molar-refractivity contribution in [2.24, 2.45) is 0 Å². The molecule has 6 nitrogen and oxygen atoms in total. The lowest BCUT2D eigenvalue weighted by Crippen LogP contribution is -2.40. The summed E-state index contributed by atoms with van der Waals surface area (Å²) in [4.78, 5) is 14.9. The molecule has 2 rings (SSSR count). The monoisotopic (exact) mass is 308 g/mol. The molecule has 0 bridgehead atoms. The van der Waals surface area contributed by atoms with E-state index in [1.54, 1.807) is 0 Å². The van der Waals surface area contributed by atoms with Crippen molar-refractivity contribution in [2.75, 3.05) is 6.54 Å². The molecule has 0 unspecified atom stereocenters. The van der Waals surface area contributed by atoms with Gasteiger partial charge in [0.1, 0.15) is 12.2 Å². The summed E-state index contributed by atoms with van der Waals surface area (Å²) in [6.45, 7) is 1.42. The number of sulfonamides is 1. The van der Waals surface area contributed by atoms with Crippen LogP contribution in [0, 0.1) is 0 Å². The zero-order valence-electron chi connectivity index (χ0n) is 10.1. The molecule has 9 heteroatoms. The Morgan fingerprint density at radius 1 is 1.68 bits per heavy atom. The molecule has 0 aromatic carbocycles. The predicted octanol–water partition coefficient (Wildman–Crippen LogP) is 0.891. The van der Waals surface area contributed by atoms with E-state index in [1.165, 1.54) is 6.20 Å². The van der Waals surface area contributed by atoms with Crippen LogP contribution in [0.2, 0.25) is 0 Å². The number of carboxylic acids is 1. The van der Waals surface area contributed by atoms with Crippen LogP contribution in [0.5, 0.6) is 0 Å². The number of alkyl halides is 1. The Morgan fingerprint density at radius 3 is 2.89 bits per heavy atom. The fourth-order valence-electron chi connectivity index (χ4n) is 1.94. The van der Waals surface area contributed by atoms with Crippen LogP contribution in [0.25, 0.3) is 0 Å². The highest BCUT2D eigenvalue weighted by Gasteiger charge is 2.44. The van der Waals surface area contributed by atoms with E-state index < -0.39 is 34.8 Å². The van der Waals surface area contributed by atoms with Gasteiger partial charge < -0.3 is 5.11 Å². The SMILES string of the molecule is CCc1ncc(S(=O)(=O)N2C[C@@H](F)C[C@H]2C(=O)O)s1. The highest BCUT2D eigenvalue weighted by Crippen LogP contribution is 2.30. The van der Waals surface area contributed by atoms with Gasteiger partial charge in [0.15, 0.2) is 4.21 Å². The first-order chi connectivity index (χ1) is 8.86. The number of aryl methyl sites for hydroxylation is 1. The average Bonchev–Trinajstić information content (AvgIpc) is 2.94. The molecule has 2 heterocycles. The van der Waals surface area contributed by atoms with Gasteiger partial charge in [0, 0.05) is 13.0 Å². The van der Waals surface area contributed by atoms with E-state index in [1.807, 2.05) is 6.92 Å². The largest absolute Gasteiger partial charge is 0.480 e. The summed E-state index contributed by atoms with van der Waals surface area (Å²) in [5, 5.41) is 9.62. The highest BCUT2D eigenvalue weighted by molar-refractivity contribution is 7.91. The average molecular weight is 308 g/mol. The van der Waals surface area contributed by atoms with E-state index in [0.29, 0.717) is 15.7 Å². The van der Waals surface area contributed by atoms with Crippen LogP contribution in [0.15, 0.2) is 10.4 Å². The number of halogens is 1. The van der Waals surface area contributed by atoms with Gasteiger partial charge in [0.25, 0.3) is 10.0 Å². The second-order valence-electron chi connectivity index (χ2n) is 4.19. The summed E-state index contributed by atoms with van der Waals surface area (Å²) >= 11 is 0.986. The maximum atomic E-state index is 13.3. The van der Waals surface area contributed by atoms with Crippen molar-refractivity contribution in [1.82, 2.24) is 9.29 Å². The summed E-state index contributed by atoms with van der Waals surface area (Å²) in [6, 6.07) is -1.34. The van der Waals surface area contributed by atoms with Crippen LogP contribution in [-0.2, 0) is 21.2 Å². The molecular weight excluding hydrogens is 295 g/mol. The van der Waals surface area contributed by atoms with Gasteiger partial charge >= 0.3 is 5.97 Å². The molecule has 2 atom stereocenters. The minimum atomic E-state index is -3.99. The van der Waals surface area contributed by atoms with Crippen molar-refractivity contribution in [2.45, 2.75) is 36.2 Å². The maximum absolute atomic E-state index is 13.3. The Labute approximate surface area is 113 Å². The summed E-state index contributed by atoms with van der Waals surface area (Å²) in [5.74, 6) is -1.33. The first-order valence-electron chi connectivity index (χ1n) is 5.69. The third-order valence-corrected chi connectivity index (χ3v) is 6.34. The van der Waals surface area contributed by atoms with Crippen molar-refractivity contribution in [3.05, 3.63) is 11.2 Å². The lowest BCUT2D eigenvalue weighted by molar-refractivity contribution is -0.140. The maximum Gasteiger partial charge on any atom is 0.322 e. The molecular formula is C10H13FN2O4S2. The molecule has 0 radical (unpaired) electrons. The van der Waals surface area contributed by atoms with Crippen molar-refractivity contribution in [3.8, 4) is 0 Å². The molecule has 1 aromatic heterocycles. The third kappa shape index (κ3) is 2.63. The molecule has 1 N–H and O–H groups in total. The van der Waals surface area contributed by atoms with E-state index in [-0.39, 0.29) is 10.6 Å². The fourth-order valence-corrected chi connectivity index (χ4v) is 4.81. The van der Waals surface area contributed by atoms with Crippen LogP contribution in [0.4, 0.5) is 4.39 Å². The topological polar surface area (TPSA) is 87.6 Å². The molecule has 0 amide bonds. The van der Waals surface area contributed by atoms with E-state index in [9.17, 15) is 17.6 Å². The van der Waals surface area contributed by atoms with Crippen LogP contribution in [0.1, 0.15) is 18.4 Å². The second kappa shape index (κ2) is 5.14. The molecule has 0 saturated carbocycles. The van der Waals surface area contributed by atoms with Crippen molar-refractivity contribution >= 4 is 27.3 Å². The highest BCUT2D eigenvalue weighted by atomic mass is 32.2. The van der Waals surface area contributed by atoms with Gasteiger partial charge in [0.05, 0.1) is 11.2 Å². The Kier molecular flexibility index (Phi) is 3.88. The van der Waals surface area contributed by atoms with Crippen LogP contribution < -0.4 is 0 Å². The lowest BCUT2D eigenvalue weighted by Gasteiger charge is -2.19. The van der Waals surface area contributed by atoms with Gasteiger partial charge in [-0.3, -0.25) is 4.79 Å². The number of carbonyl (C=O) groups is 1. The summed E-state index contributed by atoms with van der Waals surface area (Å²) < 4.78 is 38.6. The van der Waals surface area contributed by atoms with Crippen molar-refractivity contribution < 1.29 is 22.7 Å². The molecule has 1 aromatic rings. The molecule has 0 aliphatic carbocycles. The minimum absolute atomic E-state index is 0.0373. The van der Waals surface area contributed by atoms with Gasteiger partial charge in [-0.25, -0.2) is 17.8 Å². The fraction of sp³-hybridized carbons (Fsp3) is 0.600. The number of hydrogen-bond acceptors (Lipinski definition) is 5. The predicted molar refractivity (Wildman–Crippen MR) is 66.3 cm³/mol. The summed E-state index contributed by atoms with van der Waals surface area (Å²) in [6.07, 6.45) is 0.0282. The number of carboxylic acid groups (broad SMARTS) is 1. The number of rotatable bonds is 4. The quantitative estimate of drug-likeness (QED) is 0.892. The zero-order valence-corrected chi connectivity index (χ0v) is 11.7.